The molecule has 0 radical (unpaired) electrons. The molecule has 4 rings (SSSR count). The van der Waals surface area contributed by atoms with Crippen LogP contribution in [0.5, 0.6) is 11.5 Å². The van der Waals surface area contributed by atoms with E-state index in [1.54, 1.807) is 11.8 Å². The van der Waals surface area contributed by atoms with E-state index in [0.29, 0.717) is 17.3 Å². The van der Waals surface area contributed by atoms with E-state index in [9.17, 15) is 4.79 Å². The van der Waals surface area contributed by atoms with Crippen LogP contribution in [0.1, 0.15) is 16.5 Å². The fourth-order valence-corrected chi connectivity index (χ4v) is 4.17. The molecule has 2 aromatic carbocycles. The van der Waals surface area contributed by atoms with Crippen molar-refractivity contribution < 1.29 is 14.3 Å². The Morgan fingerprint density at radius 3 is 2.91 bits per heavy atom. The summed E-state index contributed by atoms with van der Waals surface area (Å²) in [5, 5.41) is 0.678. The highest BCUT2D eigenvalue weighted by molar-refractivity contribution is 8.00. The topological polar surface area (TPSA) is 38.8 Å². The lowest BCUT2D eigenvalue weighted by Gasteiger charge is -2.24. The van der Waals surface area contributed by atoms with Gasteiger partial charge in [0.1, 0.15) is 5.37 Å². The lowest BCUT2D eigenvalue weighted by Crippen LogP contribution is -2.27. The van der Waals surface area contributed by atoms with Gasteiger partial charge in [-0.15, -0.1) is 11.8 Å². The van der Waals surface area contributed by atoms with Crippen molar-refractivity contribution in [3.05, 3.63) is 58.6 Å². The van der Waals surface area contributed by atoms with E-state index in [1.807, 2.05) is 47.4 Å². The molecule has 2 aliphatic rings. The van der Waals surface area contributed by atoms with Crippen LogP contribution in [0.3, 0.4) is 0 Å². The number of carbonyl (C=O) groups excluding carboxylic acids is 1. The van der Waals surface area contributed by atoms with Crippen molar-refractivity contribution in [2.45, 2.75) is 11.9 Å². The van der Waals surface area contributed by atoms with Gasteiger partial charge < -0.3 is 14.4 Å². The summed E-state index contributed by atoms with van der Waals surface area (Å²) in [7, 11) is 0. The van der Waals surface area contributed by atoms with Gasteiger partial charge >= 0.3 is 0 Å². The molecule has 2 aliphatic heterocycles. The predicted octanol–water partition coefficient (Wildman–Crippen LogP) is 3.84. The summed E-state index contributed by atoms with van der Waals surface area (Å²) in [4.78, 5) is 14.2. The van der Waals surface area contributed by atoms with E-state index in [0.717, 1.165) is 22.6 Å². The SMILES string of the molecule is O=C1CSC(c2cccc(Cl)c2)N1Cc1ccc2c(c1)OCO2. The second-order valence-electron chi connectivity index (χ2n) is 5.43. The van der Waals surface area contributed by atoms with Gasteiger partial charge in [-0.3, -0.25) is 4.79 Å². The van der Waals surface area contributed by atoms with Crippen molar-refractivity contribution in [2.75, 3.05) is 12.5 Å². The molecule has 0 aromatic heterocycles. The van der Waals surface area contributed by atoms with Crippen molar-refractivity contribution in [3.63, 3.8) is 0 Å². The molecule has 2 aromatic rings. The number of rotatable bonds is 3. The van der Waals surface area contributed by atoms with Crippen LogP contribution in [0.15, 0.2) is 42.5 Å². The van der Waals surface area contributed by atoms with E-state index < -0.39 is 0 Å². The van der Waals surface area contributed by atoms with Gasteiger partial charge in [0.05, 0.1) is 5.75 Å². The summed E-state index contributed by atoms with van der Waals surface area (Å²) in [6.07, 6.45) is 0. The van der Waals surface area contributed by atoms with Gasteiger partial charge in [-0.25, -0.2) is 0 Å². The minimum Gasteiger partial charge on any atom is -0.454 e. The second-order valence-corrected chi connectivity index (χ2v) is 6.93. The highest BCUT2D eigenvalue weighted by atomic mass is 35.5. The number of hydrogen-bond acceptors (Lipinski definition) is 4. The Bertz CT molecular complexity index is 767. The quantitative estimate of drug-likeness (QED) is 0.845. The zero-order chi connectivity index (χ0) is 15.8. The van der Waals surface area contributed by atoms with Gasteiger partial charge in [0.2, 0.25) is 12.7 Å². The number of fused-ring (bicyclic) bond motifs is 1. The van der Waals surface area contributed by atoms with E-state index in [2.05, 4.69) is 0 Å². The zero-order valence-corrected chi connectivity index (χ0v) is 13.8. The monoisotopic (exact) mass is 347 g/mol. The Hall–Kier alpha value is -1.85. The zero-order valence-electron chi connectivity index (χ0n) is 12.2. The Morgan fingerprint density at radius 1 is 1.17 bits per heavy atom. The molecule has 1 unspecified atom stereocenters. The average molecular weight is 348 g/mol. The van der Waals surface area contributed by atoms with E-state index in [1.165, 1.54) is 0 Å². The number of thioether (sulfide) groups is 1. The maximum absolute atomic E-state index is 12.3. The fourth-order valence-electron chi connectivity index (χ4n) is 2.80. The normalized spacial score (nSPS) is 19.4. The van der Waals surface area contributed by atoms with Gasteiger partial charge in [-0.2, -0.15) is 0 Å². The largest absolute Gasteiger partial charge is 0.454 e. The number of amides is 1. The van der Waals surface area contributed by atoms with Crippen LogP contribution >= 0.6 is 23.4 Å². The third-order valence-corrected chi connectivity index (χ3v) is 5.38. The van der Waals surface area contributed by atoms with Crippen molar-refractivity contribution in [3.8, 4) is 11.5 Å². The van der Waals surface area contributed by atoms with Crippen molar-refractivity contribution in [1.82, 2.24) is 4.90 Å². The maximum Gasteiger partial charge on any atom is 0.234 e. The molecule has 1 atom stereocenters. The summed E-state index contributed by atoms with van der Waals surface area (Å²) in [6, 6.07) is 13.5. The molecule has 118 valence electrons. The van der Waals surface area contributed by atoms with Crippen LogP contribution in [0, 0.1) is 0 Å². The molecule has 1 amide bonds. The summed E-state index contributed by atoms with van der Waals surface area (Å²) < 4.78 is 10.7. The molecule has 6 heteroatoms. The fraction of sp³-hybridized carbons (Fsp3) is 0.235. The van der Waals surface area contributed by atoms with Crippen molar-refractivity contribution in [1.29, 1.82) is 0 Å². The summed E-state index contributed by atoms with van der Waals surface area (Å²) in [5.74, 6) is 2.11. The molecule has 1 fully saturated rings. The third kappa shape index (κ3) is 2.86. The molecule has 2 heterocycles. The number of nitrogens with zero attached hydrogens (tertiary/aromatic N) is 1. The van der Waals surface area contributed by atoms with Crippen LogP contribution in [0.2, 0.25) is 5.02 Å². The van der Waals surface area contributed by atoms with E-state index in [-0.39, 0.29) is 18.1 Å². The number of ether oxygens (including phenoxy) is 2. The molecule has 4 nitrogen and oxygen atoms in total. The summed E-state index contributed by atoms with van der Waals surface area (Å²) in [5.41, 5.74) is 2.08. The molecule has 23 heavy (non-hydrogen) atoms. The molecule has 0 saturated carbocycles. The number of halogens is 1. The minimum atomic E-state index is -0.00776. The van der Waals surface area contributed by atoms with Gasteiger partial charge in [-0.05, 0) is 35.4 Å². The van der Waals surface area contributed by atoms with Gasteiger partial charge in [0.15, 0.2) is 11.5 Å². The molecular weight excluding hydrogens is 334 g/mol. The molecule has 0 N–H and O–H groups in total. The predicted molar refractivity (Wildman–Crippen MR) is 89.8 cm³/mol. The second kappa shape index (κ2) is 5.98. The van der Waals surface area contributed by atoms with Crippen LogP contribution < -0.4 is 9.47 Å². The van der Waals surface area contributed by atoms with Crippen LogP contribution in [-0.4, -0.2) is 23.4 Å². The van der Waals surface area contributed by atoms with Crippen LogP contribution in [-0.2, 0) is 11.3 Å². The smallest absolute Gasteiger partial charge is 0.234 e. The van der Waals surface area contributed by atoms with Gasteiger partial charge in [-0.1, -0.05) is 29.8 Å². The highest BCUT2D eigenvalue weighted by Crippen LogP contribution is 2.41. The lowest BCUT2D eigenvalue weighted by atomic mass is 10.1. The Balaban J connectivity index is 1.59. The first-order valence-electron chi connectivity index (χ1n) is 7.26. The Morgan fingerprint density at radius 2 is 2.04 bits per heavy atom. The molecule has 1 saturated heterocycles. The molecular formula is C17H14ClNO3S. The summed E-state index contributed by atoms with van der Waals surface area (Å²) in [6.45, 7) is 0.794. The third-order valence-electron chi connectivity index (χ3n) is 3.89. The minimum absolute atomic E-state index is 0.00776. The van der Waals surface area contributed by atoms with E-state index >= 15 is 0 Å². The standard InChI is InChI=1S/C17H14ClNO3S/c18-13-3-1-2-12(7-13)17-19(16(20)9-23-17)8-11-4-5-14-15(6-11)22-10-21-14/h1-7,17H,8-10H2. The summed E-state index contributed by atoms with van der Waals surface area (Å²) >= 11 is 7.72. The first-order valence-corrected chi connectivity index (χ1v) is 8.68. The Labute approximate surface area is 143 Å². The number of benzene rings is 2. The average Bonchev–Trinajstić information content (AvgIpc) is 3.14. The van der Waals surface area contributed by atoms with Gasteiger partial charge in [0, 0.05) is 11.6 Å². The van der Waals surface area contributed by atoms with E-state index in [4.69, 9.17) is 21.1 Å². The lowest BCUT2D eigenvalue weighted by molar-refractivity contribution is -0.128. The van der Waals surface area contributed by atoms with Crippen LogP contribution in [0.4, 0.5) is 0 Å². The first-order chi connectivity index (χ1) is 11.2. The highest BCUT2D eigenvalue weighted by Gasteiger charge is 2.33. The molecule has 0 bridgehead atoms. The van der Waals surface area contributed by atoms with Crippen LogP contribution in [0.25, 0.3) is 0 Å². The number of carbonyl (C=O) groups is 1. The molecule has 0 spiro atoms. The molecule has 0 aliphatic carbocycles. The first kappa shape index (κ1) is 14.7. The Kier molecular flexibility index (Phi) is 3.83. The van der Waals surface area contributed by atoms with Gasteiger partial charge in [0.25, 0.3) is 0 Å². The van der Waals surface area contributed by atoms with Crippen molar-refractivity contribution >= 4 is 29.3 Å². The number of hydrogen-bond donors (Lipinski definition) is 0. The maximum atomic E-state index is 12.3. The van der Waals surface area contributed by atoms with Crippen molar-refractivity contribution in [2.24, 2.45) is 0 Å².